The summed E-state index contributed by atoms with van der Waals surface area (Å²) < 4.78 is 0. The van der Waals surface area contributed by atoms with Crippen molar-refractivity contribution >= 4 is 29.0 Å². The van der Waals surface area contributed by atoms with Gasteiger partial charge in [-0.2, -0.15) is 0 Å². The molecule has 0 spiro atoms. The second-order valence-corrected chi connectivity index (χ2v) is 8.96. The summed E-state index contributed by atoms with van der Waals surface area (Å²) in [7, 11) is 0. The van der Waals surface area contributed by atoms with Crippen LogP contribution >= 0.6 is 23.1 Å². The van der Waals surface area contributed by atoms with E-state index >= 15 is 0 Å². The minimum Gasteiger partial charge on any atom is -0.337 e. The quantitative estimate of drug-likeness (QED) is 0.830. The number of carbonyl (C=O) groups is 1. The SMILES string of the molecule is Cc1nc(CSc2ccc(C(=O)N3CCC4CCC(C3)N4)cc2)cs1. The molecule has 0 aliphatic carbocycles. The van der Waals surface area contributed by atoms with Crippen LogP contribution in [0.1, 0.15) is 40.3 Å². The Morgan fingerprint density at radius 3 is 2.84 bits per heavy atom. The molecule has 1 aromatic heterocycles. The van der Waals surface area contributed by atoms with E-state index in [0.29, 0.717) is 12.1 Å². The monoisotopic (exact) mass is 373 g/mol. The van der Waals surface area contributed by atoms with Gasteiger partial charge in [-0.05, 0) is 50.5 Å². The number of benzene rings is 1. The maximum absolute atomic E-state index is 12.8. The van der Waals surface area contributed by atoms with Gasteiger partial charge in [-0.25, -0.2) is 4.98 Å². The first-order chi connectivity index (χ1) is 12.2. The number of carbonyl (C=O) groups excluding carboxylic acids is 1. The molecule has 1 N–H and O–H groups in total. The molecule has 2 bridgehead atoms. The first kappa shape index (κ1) is 17.1. The van der Waals surface area contributed by atoms with Crippen LogP contribution < -0.4 is 5.32 Å². The standard InChI is InChI=1S/C19H23N3OS2/c1-13-20-17(11-24-13)12-25-18-6-2-14(3-7-18)19(23)22-9-8-15-4-5-16(10-22)21-15/h2-3,6-7,11,15-16,21H,4-5,8-10,12H2,1H3. The van der Waals surface area contributed by atoms with Crippen molar-refractivity contribution in [1.29, 1.82) is 0 Å². The molecule has 2 saturated heterocycles. The van der Waals surface area contributed by atoms with Crippen LogP contribution in [0.15, 0.2) is 34.5 Å². The number of amides is 1. The van der Waals surface area contributed by atoms with Gasteiger partial charge in [0.25, 0.3) is 5.91 Å². The van der Waals surface area contributed by atoms with Gasteiger partial charge in [-0.15, -0.1) is 23.1 Å². The number of nitrogens with zero attached hydrogens (tertiary/aromatic N) is 2. The summed E-state index contributed by atoms with van der Waals surface area (Å²) in [4.78, 5) is 20.5. The van der Waals surface area contributed by atoms with Crippen molar-refractivity contribution in [2.24, 2.45) is 0 Å². The van der Waals surface area contributed by atoms with Gasteiger partial charge in [0.15, 0.2) is 0 Å². The van der Waals surface area contributed by atoms with Crippen LogP contribution in [0.2, 0.25) is 0 Å². The van der Waals surface area contributed by atoms with Crippen molar-refractivity contribution in [3.8, 4) is 0 Å². The lowest BCUT2D eigenvalue weighted by atomic mass is 10.1. The van der Waals surface area contributed by atoms with E-state index in [1.807, 2.05) is 24.0 Å². The summed E-state index contributed by atoms with van der Waals surface area (Å²) in [5.41, 5.74) is 1.92. The number of thioether (sulfide) groups is 1. The van der Waals surface area contributed by atoms with Crippen molar-refractivity contribution < 1.29 is 4.79 Å². The van der Waals surface area contributed by atoms with Crippen LogP contribution in [0.4, 0.5) is 0 Å². The van der Waals surface area contributed by atoms with Crippen molar-refractivity contribution in [3.63, 3.8) is 0 Å². The van der Waals surface area contributed by atoms with E-state index in [1.165, 1.54) is 17.7 Å². The Morgan fingerprint density at radius 2 is 2.08 bits per heavy atom. The molecular weight excluding hydrogens is 350 g/mol. The lowest BCUT2D eigenvalue weighted by Crippen LogP contribution is -2.39. The van der Waals surface area contributed by atoms with Gasteiger partial charge in [0.05, 0.1) is 10.7 Å². The molecule has 4 nitrogen and oxygen atoms in total. The normalized spacial score (nSPS) is 22.8. The topological polar surface area (TPSA) is 45.2 Å². The zero-order valence-corrected chi connectivity index (χ0v) is 16.0. The third kappa shape index (κ3) is 4.07. The largest absolute Gasteiger partial charge is 0.337 e. The van der Waals surface area contributed by atoms with E-state index in [1.54, 1.807) is 23.1 Å². The number of thiazole rings is 1. The van der Waals surface area contributed by atoms with Crippen molar-refractivity contribution in [3.05, 3.63) is 45.9 Å². The molecule has 2 aromatic rings. The Hall–Kier alpha value is -1.37. The molecular formula is C19H23N3OS2. The average Bonchev–Trinajstić information content (AvgIpc) is 3.18. The molecule has 3 heterocycles. The third-order valence-electron chi connectivity index (χ3n) is 4.97. The maximum Gasteiger partial charge on any atom is 0.253 e. The van der Waals surface area contributed by atoms with Gasteiger partial charge < -0.3 is 10.2 Å². The molecule has 2 fully saturated rings. The van der Waals surface area contributed by atoms with Crippen LogP contribution in [0, 0.1) is 6.92 Å². The van der Waals surface area contributed by atoms with Crippen LogP contribution in [0.25, 0.3) is 0 Å². The zero-order chi connectivity index (χ0) is 17.2. The summed E-state index contributed by atoms with van der Waals surface area (Å²) in [6.45, 7) is 3.74. The highest BCUT2D eigenvalue weighted by atomic mass is 32.2. The third-order valence-corrected chi connectivity index (χ3v) is 6.83. The van der Waals surface area contributed by atoms with E-state index in [2.05, 4.69) is 27.8 Å². The molecule has 2 unspecified atom stereocenters. The summed E-state index contributed by atoms with van der Waals surface area (Å²) in [5.74, 6) is 1.04. The lowest BCUT2D eigenvalue weighted by Gasteiger charge is -2.24. The second-order valence-electron chi connectivity index (χ2n) is 6.85. The number of aryl methyl sites for hydroxylation is 1. The maximum atomic E-state index is 12.8. The van der Waals surface area contributed by atoms with E-state index in [-0.39, 0.29) is 5.91 Å². The molecule has 1 aromatic carbocycles. The highest BCUT2D eigenvalue weighted by molar-refractivity contribution is 7.98. The van der Waals surface area contributed by atoms with E-state index < -0.39 is 0 Å². The molecule has 2 aliphatic heterocycles. The Morgan fingerprint density at radius 1 is 1.28 bits per heavy atom. The molecule has 2 atom stereocenters. The Kier molecular flexibility index (Phi) is 5.10. The Balaban J connectivity index is 1.36. The lowest BCUT2D eigenvalue weighted by molar-refractivity contribution is 0.0748. The Bertz CT molecular complexity index is 743. The number of hydrogen-bond acceptors (Lipinski definition) is 5. The fraction of sp³-hybridized carbons (Fsp3) is 0.474. The van der Waals surface area contributed by atoms with Crippen LogP contribution in [0.5, 0.6) is 0 Å². The van der Waals surface area contributed by atoms with Gasteiger partial charge in [0, 0.05) is 46.8 Å². The molecule has 6 heteroatoms. The molecule has 2 aliphatic rings. The fourth-order valence-electron chi connectivity index (χ4n) is 3.64. The van der Waals surface area contributed by atoms with Gasteiger partial charge in [-0.3, -0.25) is 4.79 Å². The minimum absolute atomic E-state index is 0.168. The van der Waals surface area contributed by atoms with Crippen molar-refractivity contribution in [2.75, 3.05) is 13.1 Å². The molecule has 0 radical (unpaired) electrons. The predicted molar refractivity (Wildman–Crippen MR) is 103 cm³/mol. The first-order valence-corrected chi connectivity index (χ1v) is 10.7. The number of aromatic nitrogens is 1. The van der Waals surface area contributed by atoms with Crippen LogP contribution in [0.3, 0.4) is 0 Å². The van der Waals surface area contributed by atoms with E-state index in [9.17, 15) is 4.79 Å². The molecule has 4 rings (SSSR count). The number of hydrogen-bond donors (Lipinski definition) is 1. The summed E-state index contributed by atoms with van der Waals surface area (Å²) in [5, 5.41) is 6.85. The summed E-state index contributed by atoms with van der Waals surface area (Å²) in [6, 6.07) is 9.13. The zero-order valence-electron chi connectivity index (χ0n) is 14.4. The average molecular weight is 374 g/mol. The predicted octanol–water partition coefficient (Wildman–Crippen LogP) is 3.71. The first-order valence-electron chi connectivity index (χ1n) is 8.86. The molecule has 1 amide bonds. The minimum atomic E-state index is 0.168. The van der Waals surface area contributed by atoms with E-state index in [0.717, 1.165) is 41.5 Å². The number of fused-ring (bicyclic) bond motifs is 2. The molecule has 132 valence electrons. The summed E-state index contributed by atoms with van der Waals surface area (Å²) in [6.07, 6.45) is 3.53. The van der Waals surface area contributed by atoms with Crippen molar-refractivity contribution in [1.82, 2.24) is 15.2 Å². The second kappa shape index (κ2) is 7.48. The molecule has 0 saturated carbocycles. The highest BCUT2D eigenvalue weighted by Crippen LogP contribution is 2.25. The number of rotatable bonds is 4. The van der Waals surface area contributed by atoms with Gasteiger partial charge >= 0.3 is 0 Å². The number of likely N-dealkylation sites (tertiary alicyclic amines) is 1. The van der Waals surface area contributed by atoms with Crippen LogP contribution in [-0.4, -0.2) is 41.0 Å². The van der Waals surface area contributed by atoms with Gasteiger partial charge in [0.1, 0.15) is 0 Å². The fourth-order valence-corrected chi connectivity index (χ4v) is 5.14. The number of nitrogens with one attached hydrogen (secondary N) is 1. The van der Waals surface area contributed by atoms with Crippen molar-refractivity contribution in [2.45, 2.75) is 48.9 Å². The smallest absolute Gasteiger partial charge is 0.253 e. The Labute approximate surface area is 157 Å². The van der Waals surface area contributed by atoms with Gasteiger partial charge in [0.2, 0.25) is 0 Å². The highest BCUT2D eigenvalue weighted by Gasteiger charge is 2.31. The molecule has 25 heavy (non-hydrogen) atoms. The van der Waals surface area contributed by atoms with E-state index in [4.69, 9.17) is 0 Å². The summed E-state index contributed by atoms with van der Waals surface area (Å²) >= 11 is 3.45. The van der Waals surface area contributed by atoms with Crippen LogP contribution in [-0.2, 0) is 5.75 Å². The van der Waals surface area contributed by atoms with Gasteiger partial charge in [-0.1, -0.05) is 0 Å².